The smallest absolute Gasteiger partial charge is 0.319 e. The van der Waals surface area contributed by atoms with E-state index in [0.717, 1.165) is 45.7 Å². The topological polar surface area (TPSA) is 70.2 Å². The van der Waals surface area contributed by atoms with Crippen molar-refractivity contribution < 1.29 is 4.79 Å². The van der Waals surface area contributed by atoms with E-state index >= 15 is 0 Å². The van der Waals surface area contributed by atoms with Gasteiger partial charge in [-0.05, 0) is 42.1 Å². The molecule has 1 unspecified atom stereocenters. The van der Waals surface area contributed by atoms with E-state index in [4.69, 9.17) is 0 Å². The average Bonchev–Trinajstić information content (AvgIpc) is 3.25. The van der Waals surface area contributed by atoms with E-state index in [1.807, 2.05) is 35.7 Å². The van der Waals surface area contributed by atoms with Crippen LogP contribution in [-0.2, 0) is 0 Å². The van der Waals surface area contributed by atoms with Gasteiger partial charge in [0.05, 0.1) is 10.2 Å². The molecular weight excluding hydrogens is 402 g/mol. The molecule has 2 amide bonds. The first-order valence-corrected chi connectivity index (χ1v) is 9.62. The molecule has 0 aliphatic carbocycles. The Bertz CT molecular complexity index is 897. The van der Waals surface area contributed by atoms with E-state index in [-0.39, 0.29) is 12.1 Å². The predicted octanol–water partition coefficient (Wildman–Crippen LogP) is 3.85. The summed E-state index contributed by atoms with van der Waals surface area (Å²) in [5.41, 5.74) is 1.74. The zero-order chi connectivity index (χ0) is 17.2. The number of hydrogen-bond acceptors (Lipinski definition) is 5. The molecule has 0 saturated carbocycles. The minimum atomic E-state index is -0.182. The van der Waals surface area contributed by atoms with E-state index < -0.39 is 0 Å². The normalized spacial score (nSPS) is 17.0. The number of thiophene rings is 1. The van der Waals surface area contributed by atoms with Crippen LogP contribution < -0.4 is 15.5 Å². The monoisotopic (exact) mass is 417 g/mol. The SMILES string of the molecule is O=C(Nc1ccc(Br)cc1)NC1CCN(c2ncnc3ccsc23)C1. The number of urea groups is 1. The Balaban J connectivity index is 1.38. The Morgan fingerprint density at radius 2 is 2.08 bits per heavy atom. The molecule has 1 aliphatic rings. The van der Waals surface area contributed by atoms with Crippen LogP contribution in [0.3, 0.4) is 0 Å². The van der Waals surface area contributed by atoms with Crippen LogP contribution in [0.1, 0.15) is 6.42 Å². The summed E-state index contributed by atoms with van der Waals surface area (Å²) in [5.74, 6) is 0.956. The highest BCUT2D eigenvalue weighted by atomic mass is 79.9. The van der Waals surface area contributed by atoms with Gasteiger partial charge in [-0.1, -0.05) is 15.9 Å². The molecule has 0 bridgehead atoms. The van der Waals surface area contributed by atoms with E-state index in [1.165, 1.54) is 0 Å². The molecule has 4 rings (SSSR count). The first kappa shape index (κ1) is 16.3. The molecule has 3 aromatic rings. The molecule has 1 saturated heterocycles. The van der Waals surface area contributed by atoms with Crippen molar-refractivity contribution in [2.75, 3.05) is 23.3 Å². The molecule has 0 radical (unpaired) electrons. The lowest BCUT2D eigenvalue weighted by Crippen LogP contribution is -2.39. The summed E-state index contributed by atoms with van der Waals surface area (Å²) >= 11 is 5.03. The number of hydrogen-bond donors (Lipinski definition) is 2. The van der Waals surface area contributed by atoms with Gasteiger partial charge in [-0.3, -0.25) is 0 Å². The third-order valence-corrected chi connectivity index (χ3v) is 5.58. The van der Waals surface area contributed by atoms with Crippen LogP contribution >= 0.6 is 27.3 Å². The second kappa shape index (κ2) is 6.97. The van der Waals surface area contributed by atoms with Crippen molar-refractivity contribution in [1.82, 2.24) is 15.3 Å². The molecule has 0 spiro atoms. The lowest BCUT2D eigenvalue weighted by atomic mass is 10.3. The van der Waals surface area contributed by atoms with Crippen LogP contribution in [0.4, 0.5) is 16.3 Å². The Hall–Kier alpha value is -2.19. The predicted molar refractivity (Wildman–Crippen MR) is 104 cm³/mol. The summed E-state index contributed by atoms with van der Waals surface area (Å²) in [7, 11) is 0. The van der Waals surface area contributed by atoms with Crippen molar-refractivity contribution in [1.29, 1.82) is 0 Å². The maximum atomic E-state index is 12.2. The standard InChI is InChI=1S/C17H16BrN5OS/c18-11-1-3-12(4-2-11)21-17(24)22-13-5-7-23(9-13)16-15-14(6-8-25-15)19-10-20-16/h1-4,6,8,10,13H,5,7,9H2,(H2,21,22,24). The average molecular weight is 418 g/mol. The fourth-order valence-corrected chi connectivity index (χ4v) is 4.08. The molecule has 6 nitrogen and oxygen atoms in total. The number of fused-ring (bicyclic) bond motifs is 1. The van der Waals surface area contributed by atoms with Gasteiger partial charge in [-0.2, -0.15) is 0 Å². The number of carbonyl (C=O) groups is 1. The molecule has 1 aromatic carbocycles. The third kappa shape index (κ3) is 3.59. The van der Waals surface area contributed by atoms with Gasteiger partial charge in [0.1, 0.15) is 12.1 Å². The summed E-state index contributed by atoms with van der Waals surface area (Å²) in [4.78, 5) is 23.1. The van der Waals surface area contributed by atoms with Gasteiger partial charge in [0, 0.05) is 29.3 Å². The van der Waals surface area contributed by atoms with Crippen LogP contribution in [-0.4, -0.2) is 35.1 Å². The second-order valence-corrected chi connectivity index (χ2v) is 7.70. The molecule has 1 atom stereocenters. The van der Waals surface area contributed by atoms with Gasteiger partial charge in [0.15, 0.2) is 0 Å². The molecule has 25 heavy (non-hydrogen) atoms. The Labute approximate surface area is 157 Å². The Morgan fingerprint density at radius 1 is 1.24 bits per heavy atom. The van der Waals surface area contributed by atoms with Crippen molar-refractivity contribution in [3.8, 4) is 0 Å². The number of aromatic nitrogens is 2. The van der Waals surface area contributed by atoms with E-state index in [1.54, 1.807) is 17.7 Å². The summed E-state index contributed by atoms with van der Waals surface area (Å²) in [6.45, 7) is 1.62. The first-order valence-electron chi connectivity index (χ1n) is 7.95. The van der Waals surface area contributed by atoms with E-state index in [9.17, 15) is 4.79 Å². The number of halogens is 1. The summed E-state index contributed by atoms with van der Waals surface area (Å²) in [5, 5.41) is 7.93. The van der Waals surface area contributed by atoms with Crippen LogP contribution in [0.25, 0.3) is 10.2 Å². The number of anilines is 2. The summed E-state index contributed by atoms with van der Waals surface area (Å²) < 4.78 is 2.08. The van der Waals surface area contributed by atoms with Gasteiger partial charge < -0.3 is 15.5 Å². The summed E-state index contributed by atoms with van der Waals surface area (Å²) in [6.07, 6.45) is 2.50. The van der Waals surface area contributed by atoms with Gasteiger partial charge in [-0.15, -0.1) is 11.3 Å². The highest BCUT2D eigenvalue weighted by molar-refractivity contribution is 9.10. The highest BCUT2D eigenvalue weighted by Crippen LogP contribution is 2.29. The molecule has 2 N–H and O–H groups in total. The van der Waals surface area contributed by atoms with Gasteiger partial charge >= 0.3 is 6.03 Å². The van der Waals surface area contributed by atoms with Gasteiger partial charge in [0.25, 0.3) is 0 Å². The quantitative estimate of drug-likeness (QED) is 0.678. The maximum Gasteiger partial charge on any atom is 0.319 e. The fourth-order valence-electron chi connectivity index (χ4n) is 2.96. The number of nitrogens with one attached hydrogen (secondary N) is 2. The number of carbonyl (C=O) groups excluding carboxylic acids is 1. The van der Waals surface area contributed by atoms with Crippen molar-refractivity contribution >= 4 is 55.0 Å². The zero-order valence-corrected chi connectivity index (χ0v) is 15.7. The first-order chi connectivity index (χ1) is 12.2. The third-order valence-electron chi connectivity index (χ3n) is 4.15. The molecule has 128 valence electrons. The molecule has 3 heterocycles. The van der Waals surface area contributed by atoms with Crippen molar-refractivity contribution in [2.45, 2.75) is 12.5 Å². The second-order valence-electron chi connectivity index (χ2n) is 5.87. The molecule has 2 aromatic heterocycles. The van der Waals surface area contributed by atoms with Gasteiger partial charge in [0.2, 0.25) is 0 Å². The van der Waals surface area contributed by atoms with E-state index in [0.29, 0.717) is 0 Å². The molecule has 1 aliphatic heterocycles. The number of amides is 2. The number of rotatable bonds is 3. The van der Waals surface area contributed by atoms with Crippen molar-refractivity contribution in [3.63, 3.8) is 0 Å². The van der Waals surface area contributed by atoms with Crippen LogP contribution in [0.2, 0.25) is 0 Å². The zero-order valence-electron chi connectivity index (χ0n) is 13.3. The van der Waals surface area contributed by atoms with Gasteiger partial charge in [-0.25, -0.2) is 14.8 Å². The van der Waals surface area contributed by atoms with Crippen LogP contribution in [0.15, 0.2) is 46.5 Å². The molecular formula is C17H16BrN5OS. The summed E-state index contributed by atoms with van der Waals surface area (Å²) in [6, 6.07) is 9.43. The van der Waals surface area contributed by atoms with E-state index in [2.05, 4.69) is 41.4 Å². The van der Waals surface area contributed by atoms with Crippen molar-refractivity contribution in [2.24, 2.45) is 0 Å². The lowest BCUT2D eigenvalue weighted by molar-refractivity contribution is 0.249. The number of benzene rings is 1. The molecule has 8 heteroatoms. The number of nitrogens with zero attached hydrogens (tertiary/aromatic N) is 3. The lowest BCUT2D eigenvalue weighted by Gasteiger charge is -2.18. The minimum absolute atomic E-state index is 0.0976. The Morgan fingerprint density at radius 3 is 2.92 bits per heavy atom. The molecule has 1 fully saturated rings. The maximum absolute atomic E-state index is 12.2. The minimum Gasteiger partial charge on any atom is -0.353 e. The van der Waals surface area contributed by atoms with Crippen molar-refractivity contribution in [3.05, 3.63) is 46.5 Å². The largest absolute Gasteiger partial charge is 0.353 e. The van der Waals surface area contributed by atoms with Crippen LogP contribution in [0.5, 0.6) is 0 Å². The van der Waals surface area contributed by atoms with Crippen LogP contribution in [0, 0.1) is 0 Å². The highest BCUT2D eigenvalue weighted by Gasteiger charge is 2.26. The fraction of sp³-hybridized carbons (Fsp3) is 0.235. The Kier molecular flexibility index (Phi) is 4.54.